The van der Waals surface area contributed by atoms with Crippen LogP contribution < -0.4 is 16.4 Å². The Kier molecular flexibility index (Phi) is 3.28. The quantitative estimate of drug-likeness (QED) is 0.547. The summed E-state index contributed by atoms with van der Waals surface area (Å²) >= 11 is 0. The maximum atomic E-state index is 11.2. The molecule has 1 aliphatic rings. The Morgan fingerprint density at radius 3 is 2.00 bits per heavy atom. The summed E-state index contributed by atoms with van der Waals surface area (Å²) in [6.07, 6.45) is 1.57. The Labute approximate surface area is 96.1 Å². The number of rotatable bonds is 1. The van der Waals surface area contributed by atoms with E-state index in [1.165, 1.54) is 0 Å². The molecule has 0 aromatic carbocycles. The van der Waals surface area contributed by atoms with Gasteiger partial charge in [-0.15, -0.1) is 0 Å². The van der Waals surface area contributed by atoms with E-state index in [2.05, 4.69) is 38.3 Å². The van der Waals surface area contributed by atoms with E-state index in [0.29, 0.717) is 0 Å². The van der Waals surface area contributed by atoms with Crippen molar-refractivity contribution in [3.05, 3.63) is 0 Å². The molecule has 5 heteroatoms. The Morgan fingerprint density at radius 2 is 1.62 bits per heavy atom. The summed E-state index contributed by atoms with van der Waals surface area (Å²) in [6, 6.07) is -0.00810. The third-order valence-electron chi connectivity index (χ3n) is 2.75. The van der Waals surface area contributed by atoms with Gasteiger partial charge in [-0.2, -0.15) is 0 Å². The minimum atomic E-state index is -0.922. The molecule has 0 saturated carbocycles. The second-order valence-corrected chi connectivity index (χ2v) is 5.84. The van der Waals surface area contributed by atoms with Gasteiger partial charge >= 0.3 is 11.8 Å². The van der Waals surface area contributed by atoms with Crippen LogP contribution in [0.15, 0.2) is 0 Å². The number of carbonyl (C=O) groups excluding carboxylic acids is 2. The highest BCUT2D eigenvalue weighted by Crippen LogP contribution is 2.28. The first kappa shape index (κ1) is 13.0. The molecule has 1 aliphatic heterocycles. The number of nitrogens with one attached hydrogen (secondary N) is 2. The van der Waals surface area contributed by atoms with Crippen LogP contribution in [-0.2, 0) is 9.59 Å². The molecule has 16 heavy (non-hydrogen) atoms. The van der Waals surface area contributed by atoms with Crippen molar-refractivity contribution in [3.63, 3.8) is 0 Å². The van der Waals surface area contributed by atoms with Crippen LogP contribution in [-0.4, -0.2) is 28.9 Å². The van der Waals surface area contributed by atoms with Gasteiger partial charge in [0.1, 0.15) is 0 Å². The highest BCUT2D eigenvalue weighted by molar-refractivity contribution is 6.34. The molecule has 5 nitrogen and oxygen atoms in total. The number of primary amides is 1. The summed E-state index contributed by atoms with van der Waals surface area (Å²) in [7, 11) is 0. The minimum absolute atomic E-state index is 0.00810. The van der Waals surface area contributed by atoms with Gasteiger partial charge in [0.2, 0.25) is 0 Å². The van der Waals surface area contributed by atoms with Gasteiger partial charge in [0.05, 0.1) is 0 Å². The second kappa shape index (κ2) is 4.05. The van der Waals surface area contributed by atoms with Crippen molar-refractivity contribution in [2.75, 3.05) is 0 Å². The maximum Gasteiger partial charge on any atom is 0.309 e. The van der Waals surface area contributed by atoms with Gasteiger partial charge < -0.3 is 16.4 Å². The molecule has 1 fully saturated rings. The second-order valence-electron chi connectivity index (χ2n) is 5.84. The van der Waals surface area contributed by atoms with E-state index in [1.807, 2.05) is 0 Å². The van der Waals surface area contributed by atoms with Crippen molar-refractivity contribution in [1.82, 2.24) is 10.6 Å². The predicted octanol–water partition coefficient (Wildman–Crippen LogP) is -0.103. The lowest BCUT2D eigenvalue weighted by atomic mass is 9.79. The average Bonchev–Trinajstić information content (AvgIpc) is 1.96. The Morgan fingerprint density at radius 1 is 1.19 bits per heavy atom. The molecule has 0 aliphatic carbocycles. The van der Waals surface area contributed by atoms with Gasteiger partial charge in [-0.1, -0.05) is 0 Å². The number of hydrogen-bond donors (Lipinski definition) is 3. The van der Waals surface area contributed by atoms with Crippen LogP contribution in [0.1, 0.15) is 40.5 Å². The van der Waals surface area contributed by atoms with E-state index in [0.717, 1.165) is 12.8 Å². The molecule has 1 rings (SSSR count). The highest BCUT2D eigenvalue weighted by atomic mass is 16.2. The molecule has 0 spiro atoms. The van der Waals surface area contributed by atoms with Crippen molar-refractivity contribution < 1.29 is 9.59 Å². The molecule has 0 radical (unpaired) electrons. The zero-order chi connectivity index (χ0) is 12.6. The summed E-state index contributed by atoms with van der Waals surface area (Å²) in [5.74, 6) is -1.62. The number of piperidine rings is 1. The standard InChI is InChI=1S/C11H21N3O2/c1-10(2)5-7(6-11(3,4)14-10)13-9(16)8(12)15/h7,14H,5-6H2,1-4H3,(H2,12,15)(H,13,16). The van der Waals surface area contributed by atoms with Gasteiger partial charge in [-0.25, -0.2) is 0 Å². The Bertz CT molecular complexity index is 294. The van der Waals surface area contributed by atoms with Crippen LogP contribution in [0.2, 0.25) is 0 Å². The molecule has 92 valence electrons. The summed E-state index contributed by atoms with van der Waals surface area (Å²) in [6.45, 7) is 8.32. The molecule has 0 aromatic rings. The van der Waals surface area contributed by atoms with E-state index < -0.39 is 11.8 Å². The van der Waals surface area contributed by atoms with Gasteiger partial charge in [-0.05, 0) is 40.5 Å². The van der Waals surface area contributed by atoms with Crippen LogP contribution >= 0.6 is 0 Å². The monoisotopic (exact) mass is 227 g/mol. The third kappa shape index (κ3) is 3.48. The maximum absolute atomic E-state index is 11.2. The van der Waals surface area contributed by atoms with Crippen LogP contribution in [0.3, 0.4) is 0 Å². The molecule has 4 N–H and O–H groups in total. The first-order valence-corrected chi connectivity index (χ1v) is 5.51. The Hall–Kier alpha value is -1.10. The van der Waals surface area contributed by atoms with Crippen molar-refractivity contribution in [2.45, 2.75) is 57.7 Å². The smallest absolute Gasteiger partial charge is 0.309 e. The summed E-state index contributed by atoms with van der Waals surface area (Å²) in [5.41, 5.74) is 4.81. The number of nitrogens with two attached hydrogens (primary N) is 1. The normalized spacial score (nSPS) is 23.8. The van der Waals surface area contributed by atoms with Crippen molar-refractivity contribution in [2.24, 2.45) is 5.73 Å². The third-order valence-corrected chi connectivity index (χ3v) is 2.75. The minimum Gasteiger partial charge on any atom is -0.361 e. The zero-order valence-corrected chi connectivity index (χ0v) is 10.4. The van der Waals surface area contributed by atoms with E-state index in [9.17, 15) is 9.59 Å². The number of hydrogen-bond acceptors (Lipinski definition) is 3. The van der Waals surface area contributed by atoms with Crippen LogP contribution in [0.25, 0.3) is 0 Å². The highest BCUT2D eigenvalue weighted by Gasteiger charge is 2.38. The molecule has 0 aromatic heterocycles. The van der Waals surface area contributed by atoms with Crippen LogP contribution in [0, 0.1) is 0 Å². The van der Waals surface area contributed by atoms with E-state index in [1.54, 1.807) is 0 Å². The van der Waals surface area contributed by atoms with Crippen LogP contribution in [0.4, 0.5) is 0 Å². The Balaban J connectivity index is 2.68. The summed E-state index contributed by atoms with van der Waals surface area (Å²) < 4.78 is 0. The molecule has 0 bridgehead atoms. The molecule has 0 unspecified atom stereocenters. The number of amides is 2. The molecular weight excluding hydrogens is 206 g/mol. The van der Waals surface area contributed by atoms with Crippen LogP contribution in [0.5, 0.6) is 0 Å². The molecule has 1 saturated heterocycles. The van der Waals surface area contributed by atoms with Gasteiger partial charge in [0.15, 0.2) is 0 Å². The zero-order valence-electron chi connectivity index (χ0n) is 10.4. The molecule has 1 heterocycles. The van der Waals surface area contributed by atoms with E-state index in [-0.39, 0.29) is 17.1 Å². The van der Waals surface area contributed by atoms with Gasteiger partial charge in [0, 0.05) is 17.1 Å². The van der Waals surface area contributed by atoms with E-state index >= 15 is 0 Å². The van der Waals surface area contributed by atoms with Crippen molar-refractivity contribution >= 4 is 11.8 Å². The summed E-state index contributed by atoms with van der Waals surface area (Å²) in [5, 5.41) is 6.17. The van der Waals surface area contributed by atoms with Crippen molar-refractivity contribution in [1.29, 1.82) is 0 Å². The lowest BCUT2D eigenvalue weighted by Crippen LogP contribution is -2.62. The van der Waals surface area contributed by atoms with Gasteiger partial charge in [-0.3, -0.25) is 9.59 Å². The fourth-order valence-electron chi connectivity index (χ4n) is 2.68. The molecule has 2 amide bonds. The topological polar surface area (TPSA) is 84.2 Å². The fraction of sp³-hybridized carbons (Fsp3) is 0.818. The van der Waals surface area contributed by atoms with E-state index in [4.69, 9.17) is 5.73 Å². The summed E-state index contributed by atoms with van der Waals surface area (Å²) in [4.78, 5) is 21.9. The molecular formula is C11H21N3O2. The molecule has 0 atom stereocenters. The SMILES string of the molecule is CC1(C)CC(NC(=O)C(N)=O)CC(C)(C)N1. The largest absolute Gasteiger partial charge is 0.361 e. The van der Waals surface area contributed by atoms with Crippen molar-refractivity contribution in [3.8, 4) is 0 Å². The average molecular weight is 227 g/mol. The number of carbonyl (C=O) groups is 2. The van der Waals surface area contributed by atoms with Gasteiger partial charge in [0.25, 0.3) is 0 Å². The lowest BCUT2D eigenvalue weighted by molar-refractivity contribution is -0.138. The first-order chi connectivity index (χ1) is 7.11. The lowest BCUT2D eigenvalue weighted by Gasteiger charge is -2.46. The fourth-order valence-corrected chi connectivity index (χ4v) is 2.68. The predicted molar refractivity (Wildman–Crippen MR) is 61.7 cm³/mol. The first-order valence-electron chi connectivity index (χ1n) is 5.51.